The number of ketones is 1. The average molecular weight is 241 g/mol. The van der Waals surface area contributed by atoms with E-state index in [0.29, 0.717) is 23.3 Å². The van der Waals surface area contributed by atoms with Crippen LogP contribution < -0.4 is 0 Å². The number of ether oxygens (including phenoxy) is 1. The normalized spacial score (nSPS) is 20.7. The van der Waals surface area contributed by atoms with Crippen molar-refractivity contribution in [3.05, 3.63) is 41.0 Å². The van der Waals surface area contributed by atoms with Gasteiger partial charge in [0.1, 0.15) is 0 Å². The van der Waals surface area contributed by atoms with Gasteiger partial charge in [-0.1, -0.05) is 24.3 Å². The molecule has 0 saturated heterocycles. The Labute approximate surface area is 104 Å². The predicted octanol–water partition coefficient (Wildman–Crippen LogP) is 1.86. The molecule has 0 amide bonds. The first-order valence-electron chi connectivity index (χ1n) is 5.71. The summed E-state index contributed by atoms with van der Waals surface area (Å²) in [5.41, 5.74) is 2.85. The highest BCUT2D eigenvalue weighted by Gasteiger charge is 2.34. The van der Waals surface area contributed by atoms with Crippen molar-refractivity contribution < 1.29 is 14.3 Å². The van der Waals surface area contributed by atoms with Crippen LogP contribution in [0.15, 0.2) is 34.8 Å². The zero-order valence-electron chi connectivity index (χ0n) is 9.84. The van der Waals surface area contributed by atoms with Gasteiger partial charge in [-0.05, 0) is 6.42 Å². The summed E-state index contributed by atoms with van der Waals surface area (Å²) in [6.07, 6.45) is 1.94. The summed E-state index contributed by atoms with van der Waals surface area (Å²) >= 11 is 0. The lowest BCUT2D eigenvalue weighted by Gasteiger charge is -2.14. The largest absolute Gasteiger partial charge is 0.469 e. The molecule has 0 spiro atoms. The van der Waals surface area contributed by atoms with Crippen molar-refractivity contribution in [1.29, 1.82) is 0 Å². The highest BCUT2D eigenvalue weighted by atomic mass is 16.5. The zero-order chi connectivity index (χ0) is 12.7. The summed E-state index contributed by atoms with van der Waals surface area (Å²) in [6, 6.07) is 7.38. The number of benzene rings is 1. The Kier molecular flexibility index (Phi) is 2.37. The van der Waals surface area contributed by atoms with Crippen LogP contribution in [0.1, 0.15) is 22.3 Å². The number of carbonyl (C=O) groups excluding carboxylic acids is 2. The molecule has 0 bridgehead atoms. The maximum absolute atomic E-state index is 12.2. The first kappa shape index (κ1) is 10.9. The molecule has 18 heavy (non-hydrogen) atoms. The summed E-state index contributed by atoms with van der Waals surface area (Å²) in [5, 5.41) is 0. The van der Waals surface area contributed by atoms with E-state index in [1.165, 1.54) is 7.11 Å². The fourth-order valence-corrected chi connectivity index (χ4v) is 2.39. The van der Waals surface area contributed by atoms with Gasteiger partial charge in [-0.15, -0.1) is 0 Å². The Morgan fingerprint density at radius 3 is 2.78 bits per heavy atom. The molecule has 0 N–H and O–H groups in total. The second-order valence-electron chi connectivity index (χ2n) is 4.31. The number of Topliss-reactive ketones (excluding diaryl/α,β-unsaturated/α-hetero) is 1. The lowest BCUT2D eigenvalue weighted by atomic mass is 9.95. The van der Waals surface area contributed by atoms with E-state index in [0.717, 1.165) is 5.56 Å². The van der Waals surface area contributed by atoms with Crippen LogP contribution >= 0.6 is 0 Å². The molecule has 0 radical (unpaired) electrons. The van der Waals surface area contributed by atoms with Crippen LogP contribution in [0.3, 0.4) is 0 Å². The van der Waals surface area contributed by atoms with Crippen LogP contribution in [0, 0.1) is 5.92 Å². The molecule has 1 atom stereocenters. The van der Waals surface area contributed by atoms with Crippen molar-refractivity contribution in [2.75, 3.05) is 7.11 Å². The van der Waals surface area contributed by atoms with Crippen molar-refractivity contribution in [2.24, 2.45) is 10.9 Å². The van der Waals surface area contributed by atoms with E-state index in [2.05, 4.69) is 9.73 Å². The van der Waals surface area contributed by atoms with Gasteiger partial charge in [-0.2, -0.15) is 0 Å². The fraction of sp³-hybridized carbons (Fsp3) is 0.214. The lowest BCUT2D eigenvalue weighted by Crippen LogP contribution is -2.21. The summed E-state index contributed by atoms with van der Waals surface area (Å²) in [6.45, 7) is 0. The molecule has 0 saturated carbocycles. The summed E-state index contributed by atoms with van der Waals surface area (Å²) < 4.78 is 4.69. The SMILES string of the molecule is COC(=O)C1C=NC2=C(C1)C(=O)c1ccccc12. The van der Waals surface area contributed by atoms with Crippen LogP contribution in [0.2, 0.25) is 0 Å². The van der Waals surface area contributed by atoms with Crippen LogP contribution in [-0.2, 0) is 9.53 Å². The maximum atomic E-state index is 12.2. The number of nitrogens with zero attached hydrogens (tertiary/aromatic N) is 1. The Morgan fingerprint density at radius 1 is 1.33 bits per heavy atom. The van der Waals surface area contributed by atoms with Gasteiger partial charge in [0.05, 0.1) is 18.7 Å². The van der Waals surface area contributed by atoms with E-state index < -0.39 is 5.92 Å². The highest BCUT2D eigenvalue weighted by Crippen LogP contribution is 2.38. The molecule has 0 aromatic heterocycles. The number of carbonyl (C=O) groups is 2. The minimum atomic E-state index is -0.452. The smallest absolute Gasteiger partial charge is 0.314 e. The molecule has 1 heterocycles. The van der Waals surface area contributed by atoms with E-state index in [4.69, 9.17) is 0 Å². The molecule has 2 aliphatic rings. The van der Waals surface area contributed by atoms with Gasteiger partial charge in [0.25, 0.3) is 0 Å². The predicted molar refractivity (Wildman–Crippen MR) is 66.3 cm³/mol. The molecule has 4 nitrogen and oxygen atoms in total. The summed E-state index contributed by atoms with van der Waals surface area (Å²) in [5.74, 6) is -0.826. The third kappa shape index (κ3) is 1.42. The van der Waals surface area contributed by atoms with Crippen molar-refractivity contribution >= 4 is 23.7 Å². The highest BCUT2D eigenvalue weighted by molar-refractivity contribution is 6.22. The lowest BCUT2D eigenvalue weighted by molar-refractivity contribution is -0.142. The summed E-state index contributed by atoms with van der Waals surface area (Å²) in [7, 11) is 1.34. The number of aliphatic imine (C=N–C) groups is 1. The van der Waals surface area contributed by atoms with E-state index in [-0.39, 0.29) is 11.8 Å². The first-order valence-corrected chi connectivity index (χ1v) is 5.71. The number of allylic oxidation sites excluding steroid dienone is 1. The van der Waals surface area contributed by atoms with E-state index >= 15 is 0 Å². The Morgan fingerprint density at radius 2 is 2.06 bits per heavy atom. The van der Waals surface area contributed by atoms with Gasteiger partial charge in [-0.3, -0.25) is 14.6 Å². The number of esters is 1. The second kappa shape index (κ2) is 3.91. The van der Waals surface area contributed by atoms with Crippen LogP contribution in [0.4, 0.5) is 0 Å². The number of fused-ring (bicyclic) bond motifs is 2. The minimum absolute atomic E-state index is 0.0219. The molecular formula is C14H11NO3. The molecule has 1 aromatic carbocycles. The number of rotatable bonds is 1. The van der Waals surface area contributed by atoms with Gasteiger partial charge < -0.3 is 4.74 Å². The van der Waals surface area contributed by atoms with Gasteiger partial charge in [0.2, 0.25) is 0 Å². The quantitative estimate of drug-likeness (QED) is 0.705. The third-order valence-corrected chi connectivity index (χ3v) is 3.30. The minimum Gasteiger partial charge on any atom is -0.469 e. The molecule has 4 heteroatoms. The Bertz CT molecular complexity index is 613. The van der Waals surface area contributed by atoms with E-state index in [9.17, 15) is 9.59 Å². The number of hydrogen-bond donors (Lipinski definition) is 0. The topological polar surface area (TPSA) is 55.7 Å². The van der Waals surface area contributed by atoms with Crippen LogP contribution in [-0.4, -0.2) is 25.1 Å². The van der Waals surface area contributed by atoms with Gasteiger partial charge in [0.15, 0.2) is 5.78 Å². The first-order chi connectivity index (χ1) is 8.72. The number of hydrogen-bond acceptors (Lipinski definition) is 4. The molecule has 90 valence electrons. The average Bonchev–Trinajstić information content (AvgIpc) is 2.72. The molecular weight excluding hydrogens is 230 g/mol. The third-order valence-electron chi connectivity index (χ3n) is 3.30. The van der Waals surface area contributed by atoms with Crippen LogP contribution in [0.25, 0.3) is 5.70 Å². The van der Waals surface area contributed by atoms with Crippen molar-refractivity contribution in [2.45, 2.75) is 6.42 Å². The zero-order valence-corrected chi connectivity index (χ0v) is 9.84. The molecule has 1 aliphatic carbocycles. The van der Waals surface area contributed by atoms with Crippen molar-refractivity contribution in [3.63, 3.8) is 0 Å². The number of methoxy groups -OCH3 is 1. The standard InChI is InChI=1S/C14H11NO3/c1-18-14(17)8-6-11-12(15-7-8)9-4-2-3-5-10(9)13(11)16/h2-5,7-8H,6H2,1H3. The second-order valence-corrected chi connectivity index (χ2v) is 4.31. The van der Waals surface area contributed by atoms with Crippen molar-refractivity contribution in [1.82, 2.24) is 0 Å². The van der Waals surface area contributed by atoms with Gasteiger partial charge in [0, 0.05) is 22.9 Å². The van der Waals surface area contributed by atoms with Gasteiger partial charge in [-0.25, -0.2) is 0 Å². The van der Waals surface area contributed by atoms with Gasteiger partial charge >= 0.3 is 5.97 Å². The molecule has 1 aromatic rings. The van der Waals surface area contributed by atoms with Crippen LogP contribution in [0.5, 0.6) is 0 Å². The van der Waals surface area contributed by atoms with Crippen molar-refractivity contribution in [3.8, 4) is 0 Å². The molecule has 0 fully saturated rings. The fourth-order valence-electron chi connectivity index (χ4n) is 2.39. The molecule has 1 aliphatic heterocycles. The Hall–Kier alpha value is -2.23. The van der Waals surface area contributed by atoms with E-state index in [1.807, 2.05) is 18.2 Å². The molecule has 3 rings (SSSR count). The Balaban J connectivity index is 2.01. The van der Waals surface area contributed by atoms with E-state index in [1.54, 1.807) is 12.3 Å². The monoisotopic (exact) mass is 241 g/mol. The maximum Gasteiger partial charge on any atom is 0.314 e. The molecule has 1 unspecified atom stereocenters. The summed E-state index contributed by atoms with van der Waals surface area (Å²) in [4.78, 5) is 28.0.